The minimum Gasteiger partial charge on any atom is -0.377 e. The third-order valence-corrected chi connectivity index (χ3v) is 3.10. The molecule has 0 radical (unpaired) electrons. The Bertz CT molecular complexity index is 331. The molecule has 4 heteroatoms. The number of hydrogen-bond donors (Lipinski definition) is 0. The third kappa shape index (κ3) is 6.25. The van der Waals surface area contributed by atoms with Gasteiger partial charge in [0.2, 0.25) is 0 Å². The van der Waals surface area contributed by atoms with E-state index in [1.807, 2.05) is 0 Å². The summed E-state index contributed by atoms with van der Waals surface area (Å²) >= 11 is 11.7. The zero-order valence-electron chi connectivity index (χ0n) is 10.2. The Morgan fingerprint density at radius 1 is 1.18 bits per heavy atom. The second kappa shape index (κ2) is 8.73. The van der Waals surface area contributed by atoms with Crippen molar-refractivity contribution in [3.63, 3.8) is 0 Å². The highest BCUT2D eigenvalue weighted by Crippen LogP contribution is 2.19. The van der Waals surface area contributed by atoms with Crippen LogP contribution in [0.3, 0.4) is 0 Å². The van der Waals surface area contributed by atoms with Gasteiger partial charge in [0, 0.05) is 18.4 Å². The zero-order chi connectivity index (χ0) is 12.5. The van der Waals surface area contributed by atoms with E-state index in [0.717, 1.165) is 18.6 Å². The second-order valence-corrected chi connectivity index (χ2v) is 4.86. The first-order chi connectivity index (χ1) is 8.24. The first-order valence-corrected chi connectivity index (χ1v) is 6.87. The molecule has 0 atom stereocenters. The molecule has 96 valence electrons. The highest BCUT2D eigenvalue weighted by molar-refractivity contribution is 6.34. The number of nitrogens with zero attached hydrogens (tertiary/aromatic N) is 1. The van der Waals surface area contributed by atoms with E-state index in [-0.39, 0.29) is 0 Å². The summed E-state index contributed by atoms with van der Waals surface area (Å²) in [5.41, 5.74) is 0.893. The van der Waals surface area contributed by atoms with E-state index in [4.69, 9.17) is 27.9 Å². The van der Waals surface area contributed by atoms with E-state index in [9.17, 15) is 0 Å². The highest BCUT2D eigenvalue weighted by atomic mass is 35.5. The van der Waals surface area contributed by atoms with Crippen LogP contribution in [0.5, 0.6) is 0 Å². The summed E-state index contributed by atoms with van der Waals surface area (Å²) in [6.07, 6.45) is 7.89. The highest BCUT2D eigenvalue weighted by Gasteiger charge is 2.02. The van der Waals surface area contributed by atoms with Gasteiger partial charge in [-0.3, -0.25) is 0 Å². The van der Waals surface area contributed by atoms with Gasteiger partial charge in [-0.1, -0.05) is 55.8 Å². The normalized spacial score (nSPS) is 10.8. The Balaban J connectivity index is 2.14. The summed E-state index contributed by atoms with van der Waals surface area (Å²) < 4.78 is 5.55. The molecule has 2 nitrogen and oxygen atoms in total. The molecule has 1 aromatic heterocycles. The second-order valence-electron chi connectivity index (χ2n) is 4.07. The van der Waals surface area contributed by atoms with E-state index in [0.29, 0.717) is 16.8 Å². The van der Waals surface area contributed by atoms with Crippen LogP contribution in [0.2, 0.25) is 10.2 Å². The fourth-order valence-corrected chi connectivity index (χ4v) is 1.95. The van der Waals surface area contributed by atoms with Crippen molar-refractivity contribution < 1.29 is 4.74 Å². The van der Waals surface area contributed by atoms with Gasteiger partial charge >= 0.3 is 0 Å². The van der Waals surface area contributed by atoms with Crippen LogP contribution in [0.15, 0.2) is 12.3 Å². The standard InChI is InChI=1S/C13H19Cl2NO/c1-2-3-4-5-6-7-17-10-11-9-16-13(15)8-12(11)14/h8-9H,2-7,10H2,1H3. The molecule has 0 aliphatic rings. The summed E-state index contributed by atoms with van der Waals surface area (Å²) in [4.78, 5) is 3.98. The van der Waals surface area contributed by atoms with Crippen molar-refractivity contribution in [1.82, 2.24) is 4.98 Å². The molecular formula is C13H19Cl2NO. The maximum absolute atomic E-state index is 6.01. The zero-order valence-corrected chi connectivity index (χ0v) is 11.7. The van der Waals surface area contributed by atoms with E-state index >= 15 is 0 Å². The van der Waals surface area contributed by atoms with Gasteiger partial charge in [0.1, 0.15) is 5.15 Å². The Hall–Kier alpha value is -0.310. The molecule has 1 aromatic rings. The molecule has 0 spiro atoms. The first-order valence-electron chi connectivity index (χ1n) is 6.11. The molecule has 0 bridgehead atoms. The van der Waals surface area contributed by atoms with Gasteiger partial charge in [0.15, 0.2) is 0 Å². The van der Waals surface area contributed by atoms with Gasteiger partial charge < -0.3 is 4.74 Å². The van der Waals surface area contributed by atoms with E-state index in [1.54, 1.807) is 12.3 Å². The molecule has 0 amide bonds. The minimum atomic E-state index is 0.415. The minimum absolute atomic E-state index is 0.415. The third-order valence-electron chi connectivity index (χ3n) is 2.55. The maximum Gasteiger partial charge on any atom is 0.130 e. The van der Waals surface area contributed by atoms with Gasteiger partial charge in [-0.15, -0.1) is 0 Å². The molecule has 0 unspecified atom stereocenters. The summed E-state index contributed by atoms with van der Waals surface area (Å²) in [5, 5.41) is 1.04. The largest absolute Gasteiger partial charge is 0.377 e. The first kappa shape index (κ1) is 14.7. The van der Waals surface area contributed by atoms with Crippen molar-refractivity contribution in [1.29, 1.82) is 0 Å². The molecule has 0 saturated heterocycles. The lowest BCUT2D eigenvalue weighted by atomic mass is 10.2. The number of hydrogen-bond acceptors (Lipinski definition) is 2. The van der Waals surface area contributed by atoms with Crippen molar-refractivity contribution in [3.05, 3.63) is 28.0 Å². The average Bonchev–Trinajstić information content (AvgIpc) is 2.30. The molecule has 0 aliphatic carbocycles. The van der Waals surface area contributed by atoms with E-state index in [2.05, 4.69) is 11.9 Å². The molecule has 1 rings (SSSR count). The number of ether oxygens (including phenoxy) is 1. The fourth-order valence-electron chi connectivity index (χ4n) is 1.53. The lowest BCUT2D eigenvalue weighted by Crippen LogP contribution is -1.97. The summed E-state index contributed by atoms with van der Waals surface area (Å²) in [7, 11) is 0. The molecule has 1 heterocycles. The molecule has 0 N–H and O–H groups in total. The van der Waals surface area contributed by atoms with Crippen molar-refractivity contribution in [3.8, 4) is 0 Å². The molecule has 0 aromatic carbocycles. The Morgan fingerprint density at radius 2 is 1.94 bits per heavy atom. The van der Waals surface area contributed by atoms with Gasteiger partial charge in [-0.25, -0.2) is 4.98 Å². The van der Waals surface area contributed by atoms with Crippen LogP contribution in [0.4, 0.5) is 0 Å². The summed E-state index contributed by atoms with van der Waals surface area (Å²) in [6.45, 7) is 3.51. The quantitative estimate of drug-likeness (QED) is 0.499. The predicted octanol–water partition coefficient (Wildman–Crippen LogP) is 4.88. The average molecular weight is 276 g/mol. The van der Waals surface area contributed by atoms with Crippen molar-refractivity contribution >= 4 is 23.2 Å². The predicted molar refractivity (Wildman–Crippen MR) is 72.7 cm³/mol. The number of aromatic nitrogens is 1. The Labute approximate surface area is 113 Å². The summed E-state index contributed by atoms with van der Waals surface area (Å²) in [5.74, 6) is 0. The van der Waals surface area contributed by atoms with E-state index in [1.165, 1.54) is 25.7 Å². The maximum atomic E-state index is 6.01. The van der Waals surface area contributed by atoms with Crippen molar-refractivity contribution in [2.45, 2.75) is 45.6 Å². The number of pyridine rings is 1. The van der Waals surface area contributed by atoms with Crippen LogP contribution in [-0.2, 0) is 11.3 Å². The summed E-state index contributed by atoms with van der Waals surface area (Å²) in [6, 6.07) is 1.64. The Morgan fingerprint density at radius 3 is 2.65 bits per heavy atom. The fraction of sp³-hybridized carbons (Fsp3) is 0.615. The van der Waals surface area contributed by atoms with Gasteiger partial charge in [-0.2, -0.15) is 0 Å². The van der Waals surface area contributed by atoms with Crippen molar-refractivity contribution in [2.75, 3.05) is 6.61 Å². The molecule has 0 aliphatic heterocycles. The van der Waals surface area contributed by atoms with Gasteiger partial charge in [0.05, 0.1) is 11.6 Å². The molecule has 0 fully saturated rings. The van der Waals surface area contributed by atoms with Crippen LogP contribution in [0.25, 0.3) is 0 Å². The monoisotopic (exact) mass is 275 g/mol. The van der Waals surface area contributed by atoms with E-state index < -0.39 is 0 Å². The molecular weight excluding hydrogens is 257 g/mol. The van der Waals surface area contributed by atoms with Crippen LogP contribution in [0.1, 0.15) is 44.6 Å². The van der Waals surface area contributed by atoms with Crippen LogP contribution >= 0.6 is 23.2 Å². The van der Waals surface area contributed by atoms with Crippen LogP contribution < -0.4 is 0 Å². The van der Waals surface area contributed by atoms with Gasteiger partial charge in [-0.05, 0) is 12.5 Å². The smallest absolute Gasteiger partial charge is 0.130 e. The molecule has 17 heavy (non-hydrogen) atoms. The number of halogens is 2. The Kier molecular flexibility index (Phi) is 7.58. The van der Waals surface area contributed by atoms with Crippen molar-refractivity contribution in [2.24, 2.45) is 0 Å². The van der Waals surface area contributed by atoms with Crippen LogP contribution in [-0.4, -0.2) is 11.6 Å². The lowest BCUT2D eigenvalue weighted by molar-refractivity contribution is 0.116. The number of unbranched alkanes of at least 4 members (excludes halogenated alkanes) is 4. The lowest BCUT2D eigenvalue weighted by Gasteiger charge is -2.06. The van der Waals surface area contributed by atoms with Gasteiger partial charge in [0.25, 0.3) is 0 Å². The SMILES string of the molecule is CCCCCCCOCc1cnc(Cl)cc1Cl. The van der Waals surface area contributed by atoms with Crippen LogP contribution in [0, 0.1) is 0 Å². The topological polar surface area (TPSA) is 22.1 Å². The number of rotatable bonds is 8. The molecule has 0 saturated carbocycles.